The van der Waals surface area contributed by atoms with E-state index in [2.05, 4.69) is 224 Å². The van der Waals surface area contributed by atoms with E-state index in [1.165, 1.54) is 87.8 Å². The predicted octanol–water partition coefficient (Wildman–Crippen LogP) is 16.8. The molecule has 1 aliphatic rings. The molecule has 3 heteroatoms. The first-order chi connectivity index (χ1) is 31.5. The van der Waals surface area contributed by atoms with Crippen molar-refractivity contribution in [3.63, 3.8) is 0 Å². The Morgan fingerprint density at radius 2 is 1.14 bits per heavy atom. The Balaban J connectivity index is 0.915. The summed E-state index contributed by atoms with van der Waals surface area (Å²) in [7, 11) is 0. The molecule has 0 unspecified atom stereocenters. The zero-order valence-corrected chi connectivity index (χ0v) is 35.4. The van der Waals surface area contributed by atoms with Crippen molar-refractivity contribution in [2.24, 2.45) is 0 Å². The number of aromatic nitrogens is 2. The molecule has 10 aromatic carbocycles. The third-order valence-corrected chi connectivity index (χ3v) is 14.3. The van der Waals surface area contributed by atoms with Crippen LogP contribution in [-0.2, 0) is 5.41 Å². The Morgan fingerprint density at radius 3 is 2.05 bits per heavy atom. The molecule has 1 aliphatic carbocycles. The largest absolute Gasteiger partial charge is 0.456 e. The van der Waals surface area contributed by atoms with Gasteiger partial charge in [0.25, 0.3) is 0 Å². The monoisotopic (exact) mass is 816 g/mol. The van der Waals surface area contributed by atoms with Gasteiger partial charge in [0.15, 0.2) is 0 Å². The van der Waals surface area contributed by atoms with Crippen molar-refractivity contribution >= 4 is 76.3 Å². The molecule has 300 valence electrons. The van der Waals surface area contributed by atoms with Crippen LogP contribution in [0, 0.1) is 0 Å². The van der Waals surface area contributed by atoms with E-state index in [-0.39, 0.29) is 5.41 Å². The van der Waals surface area contributed by atoms with Crippen molar-refractivity contribution in [1.82, 2.24) is 9.55 Å². The molecule has 3 aromatic heterocycles. The van der Waals surface area contributed by atoms with Crippen LogP contribution in [0.5, 0.6) is 0 Å². The number of hydrogen-bond acceptors (Lipinski definition) is 1. The maximum atomic E-state index is 6.60. The number of rotatable bonds is 4. The Bertz CT molecular complexity index is 4100. The summed E-state index contributed by atoms with van der Waals surface area (Å²) < 4.78 is 9.04. The normalized spacial score (nSPS) is 13.3. The first-order valence-electron chi connectivity index (χ1n) is 22.2. The highest BCUT2D eigenvalue weighted by atomic mass is 16.3. The highest BCUT2D eigenvalue weighted by Gasteiger charge is 2.36. The van der Waals surface area contributed by atoms with E-state index in [0.29, 0.717) is 0 Å². The van der Waals surface area contributed by atoms with Gasteiger partial charge in [0.1, 0.15) is 11.2 Å². The summed E-state index contributed by atoms with van der Waals surface area (Å²) in [6.45, 7) is 4.69. The first-order valence-corrected chi connectivity index (χ1v) is 22.2. The van der Waals surface area contributed by atoms with Crippen molar-refractivity contribution in [2.75, 3.05) is 0 Å². The highest BCUT2D eigenvalue weighted by molar-refractivity contribution is 6.17. The number of para-hydroxylation sites is 1. The summed E-state index contributed by atoms with van der Waals surface area (Å²) in [5.74, 6) is 0. The first kappa shape index (κ1) is 35.5. The molecule has 0 amide bonds. The summed E-state index contributed by atoms with van der Waals surface area (Å²) in [5.41, 5.74) is 20.2. The number of aromatic amines is 1. The fraction of sp³-hybridized carbons (Fsp3) is 0.0492. The van der Waals surface area contributed by atoms with Crippen LogP contribution in [0.15, 0.2) is 205 Å². The average Bonchev–Trinajstić information content (AvgIpc) is 4.07. The Labute approximate surface area is 369 Å². The summed E-state index contributed by atoms with van der Waals surface area (Å²) in [4.78, 5) is 3.85. The maximum Gasteiger partial charge on any atom is 0.136 e. The van der Waals surface area contributed by atoms with E-state index in [1.54, 1.807) is 0 Å². The second-order valence-electron chi connectivity index (χ2n) is 18.1. The summed E-state index contributed by atoms with van der Waals surface area (Å²) in [6.07, 6.45) is 0. The molecular formula is C61H40N2O. The van der Waals surface area contributed by atoms with Gasteiger partial charge in [-0.25, -0.2) is 0 Å². The topological polar surface area (TPSA) is 33.9 Å². The molecule has 0 bridgehead atoms. The molecule has 14 rings (SSSR count). The minimum Gasteiger partial charge on any atom is -0.456 e. The maximum absolute atomic E-state index is 6.60. The zero-order chi connectivity index (χ0) is 42.3. The zero-order valence-electron chi connectivity index (χ0n) is 35.4. The van der Waals surface area contributed by atoms with Crippen LogP contribution in [-0.4, -0.2) is 9.55 Å². The number of furan rings is 1. The van der Waals surface area contributed by atoms with Gasteiger partial charge in [-0.3, -0.25) is 0 Å². The number of benzene rings is 10. The minimum atomic E-state index is -0.0417. The molecule has 64 heavy (non-hydrogen) atoms. The van der Waals surface area contributed by atoms with Crippen molar-refractivity contribution in [2.45, 2.75) is 19.3 Å². The Morgan fingerprint density at radius 1 is 0.422 bits per heavy atom. The number of fused-ring (bicyclic) bond motifs is 14. The van der Waals surface area contributed by atoms with Crippen molar-refractivity contribution < 1.29 is 4.42 Å². The molecule has 0 spiro atoms. The summed E-state index contributed by atoms with van der Waals surface area (Å²) in [5, 5.41) is 9.67. The van der Waals surface area contributed by atoms with Crippen LogP contribution in [0.3, 0.4) is 0 Å². The highest BCUT2D eigenvalue weighted by Crippen LogP contribution is 2.52. The molecule has 3 nitrogen and oxygen atoms in total. The second-order valence-corrected chi connectivity index (χ2v) is 18.1. The fourth-order valence-electron chi connectivity index (χ4n) is 11.3. The summed E-state index contributed by atoms with van der Waals surface area (Å²) in [6, 6.07) is 73.5. The van der Waals surface area contributed by atoms with Crippen molar-refractivity contribution in [1.29, 1.82) is 0 Å². The fourth-order valence-corrected chi connectivity index (χ4v) is 11.3. The third kappa shape index (κ3) is 4.92. The second kappa shape index (κ2) is 12.9. The Kier molecular flexibility index (Phi) is 7.17. The van der Waals surface area contributed by atoms with Crippen LogP contribution in [0.2, 0.25) is 0 Å². The number of nitrogens with one attached hydrogen (secondary N) is 1. The average molecular weight is 817 g/mol. The lowest BCUT2D eigenvalue weighted by Gasteiger charge is -2.21. The van der Waals surface area contributed by atoms with Crippen LogP contribution in [0.25, 0.3) is 127 Å². The minimum absolute atomic E-state index is 0.0417. The molecule has 13 aromatic rings. The molecule has 0 fully saturated rings. The van der Waals surface area contributed by atoms with E-state index in [0.717, 1.165) is 49.8 Å². The molecule has 0 aliphatic heterocycles. The van der Waals surface area contributed by atoms with Gasteiger partial charge in [-0.15, -0.1) is 0 Å². The smallest absolute Gasteiger partial charge is 0.136 e. The van der Waals surface area contributed by atoms with Crippen molar-refractivity contribution in [3.05, 3.63) is 211 Å². The molecular weight excluding hydrogens is 777 g/mol. The van der Waals surface area contributed by atoms with Gasteiger partial charge in [0.2, 0.25) is 0 Å². The van der Waals surface area contributed by atoms with E-state index in [9.17, 15) is 0 Å². The lowest BCUT2D eigenvalue weighted by molar-refractivity contribution is 0.661. The standard InChI is InChI=1S/C61H40N2O/c1-61(2)51-20-10-8-18-46(51)59-52(61)27-26-45-48-32-37(23-28-53(48)62-60(45)59)38-25-30-56-50(33-38)58-43(19-12-22-57(58)64-56)40-24-29-55-49(34-40)44-17-9-11-21-54(44)63(55)41-31-39-15-6-7-16-42(39)47(35-41)36-13-4-3-5-14-36/h3-35,62H,1-2H3. The lowest BCUT2D eigenvalue weighted by Crippen LogP contribution is -2.14. The van der Waals surface area contributed by atoms with E-state index in [1.807, 2.05) is 0 Å². The van der Waals surface area contributed by atoms with Gasteiger partial charge in [-0.05, 0) is 122 Å². The van der Waals surface area contributed by atoms with Crippen molar-refractivity contribution in [3.8, 4) is 50.2 Å². The number of H-pyrrole nitrogens is 1. The predicted molar refractivity (Wildman–Crippen MR) is 269 cm³/mol. The van der Waals surface area contributed by atoms with Gasteiger partial charge in [0.05, 0.1) is 16.6 Å². The van der Waals surface area contributed by atoms with Crippen LogP contribution in [0.4, 0.5) is 0 Å². The van der Waals surface area contributed by atoms with Crippen LogP contribution < -0.4 is 0 Å². The summed E-state index contributed by atoms with van der Waals surface area (Å²) >= 11 is 0. The van der Waals surface area contributed by atoms with Crippen LogP contribution >= 0.6 is 0 Å². The molecule has 3 heterocycles. The molecule has 0 radical (unpaired) electrons. The Hall–Kier alpha value is -8.14. The molecule has 1 N–H and O–H groups in total. The van der Waals surface area contributed by atoms with Crippen LogP contribution in [0.1, 0.15) is 25.0 Å². The van der Waals surface area contributed by atoms with Gasteiger partial charge >= 0.3 is 0 Å². The quantitative estimate of drug-likeness (QED) is 0.189. The molecule has 0 saturated carbocycles. The third-order valence-electron chi connectivity index (χ3n) is 14.3. The van der Waals surface area contributed by atoms with E-state index < -0.39 is 0 Å². The van der Waals surface area contributed by atoms with Gasteiger partial charge < -0.3 is 14.0 Å². The SMILES string of the molecule is CC1(C)c2ccccc2-c2c1ccc1c2[nH]c2ccc(-c3ccc4oc5cccc(-c6ccc7c(c6)c6ccccc6n7-c6cc(-c7ccccc7)c7ccccc7c6)c5c4c3)cc21. The number of hydrogen-bond donors (Lipinski definition) is 1. The number of nitrogens with zero attached hydrogens (tertiary/aromatic N) is 1. The van der Waals surface area contributed by atoms with Gasteiger partial charge in [0, 0.05) is 54.5 Å². The molecule has 0 saturated heterocycles. The van der Waals surface area contributed by atoms with Gasteiger partial charge in [-0.2, -0.15) is 0 Å². The van der Waals surface area contributed by atoms with E-state index in [4.69, 9.17) is 4.42 Å². The van der Waals surface area contributed by atoms with E-state index >= 15 is 0 Å². The lowest BCUT2D eigenvalue weighted by atomic mass is 9.82. The van der Waals surface area contributed by atoms with Gasteiger partial charge in [-0.1, -0.05) is 153 Å². The molecule has 0 atom stereocenters.